The van der Waals surface area contributed by atoms with Gasteiger partial charge in [0.05, 0.1) is 21.6 Å². The second kappa shape index (κ2) is 18.5. The summed E-state index contributed by atoms with van der Waals surface area (Å²) in [5, 5.41) is 15.9. The Kier molecular flexibility index (Phi) is 13.3. The number of nitrogens with zero attached hydrogens (tertiary/aromatic N) is 4. The van der Waals surface area contributed by atoms with Gasteiger partial charge in [-0.05, 0) is 98.2 Å². The Morgan fingerprint density at radius 2 is 1.85 bits per heavy atom. The van der Waals surface area contributed by atoms with Gasteiger partial charge in [-0.15, -0.1) is 0 Å². The number of halogens is 2. The lowest BCUT2D eigenvalue weighted by Gasteiger charge is -2.39. The van der Waals surface area contributed by atoms with Crippen molar-refractivity contribution in [2.75, 3.05) is 62.7 Å². The van der Waals surface area contributed by atoms with E-state index in [0.29, 0.717) is 50.7 Å². The summed E-state index contributed by atoms with van der Waals surface area (Å²) < 4.78 is 68.9. The second-order valence-corrected chi connectivity index (χ2v) is 19.2. The minimum absolute atomic E-state index is 0.0399. The number of fused-ring (bicyclic) bond motifs is 1. The average molecular weight is 876 g/mol. The number of anilines is 2. The summed E-state index contributed by atoms with van der Waals surface area (Å²) >= 11 is 0. The van der Waals surface area contributed by atoms with E-state index in [2.05, 4.69) is 50.2 Å². The van der Waals surface area contributed by atoms with Crippen LogP contribution in [0.2, 0.25) is 0 Å². The number of aromatic amines is 1. The first kappa shape index (κ1) is 44.7. The number of nitrogens with one attached hydrogen (secondary N) is 3. The minimum Gasteiger partial charge on any atom is -0.455 e. The van der Waals surface area contributed by atoms with Crippen molar-refractivity contribution in [1.29, 1.82) is 0 Å². The van der Waals surface area contributed by atoms with E-state index in [1.807, 2.05) is 6.07 Å². The first-order valence-corrected chi connectivity index (χ1v) is 22.6. The summed E-state index contributed by atoms with van der Waals surface area (Å²) in [5.41, 5.74) is 3.72. The molecule has 2 saturated heterocycles. The molecule has 7 rings (SSSR count). The van der Waals surface area contributed by atoms with Crippen LogP contribution in [0.4, 0.5) is 25.8 Å². The van der Waals surface area contributed by atoms with E-state index in [-0.39, 0.29) is 40.3 Å². The molecule has 3 N–H and O–H groups in total. The number of alkyl halides is 2. The Hall–Kier alpha value is -5.39. The summed E-state index contributed by atoms with van der Waals surface area (Å²) in [4.78, 5) is 36.8. The van der Waals surface area contributed by atoms with Gasteiger partial charge in [0, 0.05) is 88.8 Å². The first-order valence-electron chi connectivity index (χ1n) is 21.1. The number of benzene rings is 2. The highest BCUT2D eigenvalue weighted by Crippen LogP contribution is 2.42. The number of pyridine rings is 1. The maximum Gasteiger partial charge on any atom is 0.293 e. The highest BCUT2D eigenvalue weighted by Gasteiger charge is 2.32. The van der Waals surface area contributed by atoms with Crippen molar-refractivity contribution in [3.63, 3.8) is 0 Å². The molecular formula is C45H55F2N7O7S. The van der Waals surface area contributed by atoms with Crippen molar-refractivity contribution in [1.82, 2.24) is 19.6 Å². The second-order valence-electron chi connectivity index (χ2n) is 17.5. The topological polar surface area (TPSA) is 172 Å². The third-order valence-electron chi connectivity index (χ3n) is 12.2. The van der Waals surface area contributed by atoms with Crippen LogP contribution in [0.15, 0.2) is 89.1 Å². The van der Waals surface area contributed by atoms with Gasteiger partial charge in [-0.1, -0.05) is 31.6 Å². The van der Waals surface area contributed by atoms with Crippen LogP contribution in [0, 0.1) is 21.4 Å². The Balaban J connectivity index is 1.08. The largest absolute Gasteiger partial charge is 0.455 e. The smallest absolute Gasteiger partial charge is 0.293 e. The van der Waals surface area contributed by atoms with E-state index in [4.69, 9.17) is 9.47 Å². The molecule has 0 radical (unpaired) electrons. The fourth-order valence-electron chi connectivity index (χ4n) is 8.37. The SMILES string of the molecule is C=C(CCC1=C(CN2CCN(c3ccc(C(=O)NS(=O)(=O)c4ccc(NCC5CCOCC5)c([N+](=O)[O-])c4)c(Oc4cnc5[nH]ccc5c4)c3)CC2)CCC(C)(C)C1)C(C)(F)F. The predicted octanol–water partition coefficient (Wildman–Crippen LogP) is 8.84. The lowest BCUT2D eigenvalue weighted by molar-refractivity contribution is -0.384. The molecule has 1 aliphatic carbocycles. The molecule has 0 atom stereocenters. The predicted molar refractivity (Wildman–Crippen MR) is 235 cm³/mol. The zero-order chi connectivity index (χ0) is 44.2. The van der Waals surface area contributed by atoms with Crippen LogP contribution >= 0.6 is 0 Å². The number of H-pyrrole nitrogens is 1. The number of nitro benzene ring substituents is 1. The number of rotatable bonds is 16. The number of hydrogen-bond acceptors (Lipinski definition) is 11. The quantitative estimate of drug-likeness (QED) is 0.0558. The van der Waals surface area contributed by atoms with Crippen molar-refractivity contribution in [3.05, 3.63) is 99.9 Å². The van der Waals surface area contributed by atoms with Gasteiger partial charge in [-0.2, -0.15) is 0 Å². The summed E-state index contributed by atoms with van der Waals surface area (Å²) in [6, 6.07) is 12.0. The number of ether oxygens (including phenoxy) is 2. The molecule has 0 saturated carbocycles. The number of carbonyl (C=O) groups excluding carboxylic acids is 1. The molecule has 2 fully saturated rings. The van der Waals surface area contributed by atoms with Gasteiger partial charge in [0.15, 0.2) is 0 Å². The Bertz CT molecular complexity index is 2450. The molecule has 14 nitrogen and oxygen atoms in total. The van der Waals surface area contributed by atoms with Crippen LogP contribution in [0.25, 0.3) is 11.0 Å². The summed E-state index contributed by atoms with van der Waals surface area (Å²) in [6.07, 6.45) is 8.54. The van der Waals surface area contributed by atoms with Crippen molar-refractivity contribution in [2.24, 2.45) is 11.3 Å². The molecule has 0 spiro atoms. The van der Waals surface area contributed by atoms with Gasteiger partial charge in [0.25, 0.3) is 27.5 Å². The zero-order valence-electron chi connectivity index (χ0n) is 35.5. The van der Waals surface area contributed by atoms with Crippen molar-refractivity contribution in [3.8, 4) is 11.5 Å². The highest BCUT2D eigenvalue weighted by atomic mass is 32.2. The molecule has 62 heavy (non-hydrogen) atoms. The van der Waals surface area contributed by atoms with Gasteiger partial charge in [0.2, 0.25) is 0 Å². The molecular weight excluding hydrogens is 821 g/mol. The zero-order valence-corrected chi connectivity index (χ0v) is 36.3. The lowest BCUT2D eigenvalue weighted by Crippen LogP contribution is -2.47. The third kappa shape index (κ3) is 11.0. The van der Waals surface area contributed by atoms with Gasteiger partial charge in [-0.25, -0.2) is 26.9 Å². The van der Waals surface area contributed by atoms with Gasteiger partial charge < -0.3 is 24.7 Å². The van der Waals surface area contributed by atoms with Crippen LogP contribution in [0.1, 0.15) is 76.1 Å². The van der Waals surface area contributed by atoms with Crippen LogP contribution in [0.3, 0.4) is 0 Å². The van der Waals surface area contributed by atoms with Crippen LogP contribution in [0.5, 0.6) is 11.5 Å². The number of carbonyl (C=O) groups is 1. The minimum atomic E-state index is -4.58. The number of nitro groups is 1. The number of hydrogen-bond donors (Lipinski definition) is 3. The molecule has 2 aromatic carbocycles. The first-order chi connectivity index (χ1) is 29.4. The molecule has 0 unspecified atom stereocenters. The number of aromatic nitrogens is 2. The van der Waals surface area contributed by atoms with E-state index in [1.165, 1.54) is 35.5 Å². The molecule has 4 aromatic rings. The maximum absolute atomic E-state index is 13.9. The molecule has 3 aliphatic rings. The molecule has 2 aliphatic heterocycles. The van der Waals surface area contributed by atoms with Gasteiger partial charge in [-0.3, -0.25) is 19.8 Å². The standard InChI is InChI=1S/C45H55F2N7O7S/c1-30(45(4,46)47)5-6-33-26-44(2,3)15-11-34(33)29-52-17-19-53(20-18-52)35-7-9-38(41(24-35)61-36-23-32-12-16-48-42(32)50-28-36)43(55)51-62(58,59)37-8-10-39(40(25-37)54(56)57)49-27-31-13-21-60-22-14-31/h7-10,12,16,23-25,28,31,49H,1,5-6,11,13-15,17-22,26-27,29H2,2-4H3,(H,48,50)(H,51,55). The third-order valence-corrected chi connectivity index (χ3v) is 13.6. The Morgan fingerprint density at radius 1 is 1.10 bits per heavy atom. The Labute approximate surface area is 361 Å². The van der Waals surface area contributed by atoms with Crippen molar-refractivity contribution in [2.45, 2.75) is 76.5 Å². The van der Waals surface area contributed by atoms with E-state index < -0.39 is 37.4 Å². The Morgan fingerprint density at radius 3 is 2.58 bits per heavy atom. The van der Waals surface area contributed by atoms with E-state index in [1.54, 1.807) is 24.4 Å². The summed E-state index contributed by atoms with van der Waals surface area (Å²) in [7, 11) is -4.58. The average Bonchev–Trinajstić information content (AvgIpc) is 3.71. The molecule has 332 valence electrons. The molecule has 1 amide bonds. The number of sulfonamides is 1. The number of amides is 1. The fraction of sp³-hybridized carbons (Fsp3) is 0.467. The molecule has 2 aromatic heterocycles. The fourth-order valence-corrected chi connectivity index (χ4v) is 9.36. The summed E-state index contributed by atoms with van der Waals surface area (Å²) in [5.74, 6) is -3.22. The summed E-state index contributed by atoms with van der Waals surface area (Å²) in [6.45, 7) is 14.3. The number of piperazine rings is 1. The van der Waals surface area contributed by atoms with E-state index >= 15 is 0 Å². The van der Waals surface area contributed by atoms with Crippen LogP contribution in [-0.4, -0.2) is 92.5 Å². The van der Waals surface area contributed by atoms with Crippen LogP contribution < -0.4 is 19.7 Å². The normalized spacial score (nSPS) is 17.9. The van der Waals surface area contributed by atoms with Crippen molar-refractivity contribution < 1.29 is 36.4 Å². The van der Waals surface area contributed by atoms with Crippen LogP contribution in [-0.2, 0) is 14.8 Å². The van der Waals surface area contributed by atoms with Gasteiger partial charge >= 0.3 is 0 Å². The highest BCUT2D eigenvalue weighted by molar-refractivity contribution is 7.90. The maximum atomic E-state index is 13.9. The number of allylic oxidation sites excluding steroid dienone is 2. The monoisotopic (exact) mass is 875 g/mol. The molecule has 4 heterocycles. The van der Waals surface area contributed by atoms with Crippen molar-refractivity contribution >= 4 is 44.0 Å². The van der Waals surface area contributed by atoms with E-state index in [0.717, 1.165) is 75.8 Å². The molecule has 0 bridgehead atoms. The molecule has 17 heteroatoms. The lowest BCUT2D eigenvalue weighted by atomic mass is 9.73. The van der Waals surface area contributed by atoms with Gasteiger partial charge in [0.1, 0.15) is 22.8 Å². The van der Waals surface area contributed by atoms with E-state index in [9.17, 15) is 32.1 Å².